The number of amides is 1. The number of anilines is 2. The summed E-state index contributed by atoms with van der Waals surface area (Å²) in [5.74, 6) is 0.421. The van der Waals surface area contributed by atoms with Gasteiger partial charge in [-0.05, 0) is 19.2 Å². The zero-order valence-electron chi connectivity index (χ0n) is 12.6. The maximum atomic E-state index is 11.9. The number of hydrogen-bond donors (Lipinski definition) is 3. The minimum atomic E-state index is -0.626. The smallest absolute Gasteiger partial charge is 0.238 e. The van der Waals surface area contributed by atoms with Crippen molar-refractivity contribution in [1.82, 2.24) is 4.90 Å². The average Bonchev–Trinajstić information content (AvgIpc) is 2.40. The molecule has 1 rings (SSSR count). The Bertz CT molecular complexity index is 468. The zero-order valence-corrected chi connectivity index (χ0v) is 12.6. The molecule has 0 radical (unpaired) electrons. The molecular weight excluding hydrogens is 274 g/mol. The Labute approximate surface area is 124 Å². The molecule has 1 aromatic carbocycles. The van der Waals surface area contributed by atoms with E-state index in [0.717, 1.165) is 0 Å². The summed E-state index contributed by atoms with van der Waals surface area (Å²) in [6.07, 6.45) is -0.626. The molecule has 0 fully saturated rings. The van der Waals surface area contributed by atoms with Gasteiger partial charge < -0.3 is 25.6 Å². The molecule has 1 unspecified atom stereocenters. The Morgan fingerprint density at radius 1 is 1.48 bits per heavy atom. The summed E-state index contributed by atoms with van der Waals surface area (Å²) in [6.45, 7) is 0.725. The normalized spacial score (nSPS) is 12.2. The first kappa shape index (κ1) is 17.2. The second kappa shape index (κ2) is 8.46. The van der Waals surface area contributed by atoms with Crippen LogP contribution in [0.3, 0.4) is 0 Å². The monoisotopic (exact) mass is 297 g/mol. The fourth-order valence-corrected chi connectivity index (χ4v) is 1.89. The fraction of sp³-hybridized carbons (Fsp3) is 0.500. The van der Waals surface area contributed by atoms with Gasteiger partial charge in [0.1, 0.15) is 5.75 Å². The van der Waals surface area contributed by atoms with Crippen molar-refractivity contribution in [2.45, 2.75) is 6.10 Å². The van der Waals surface area contributed by atoms with E-state index in [1.165, 1.54) is 7.11 Å². The minimum absolute atomic E-state index is 0.145. The number of likely N-dealkylation sites (N-methyl/N-ethyl adjacent to an activating group) is 1. The molecule has 21 heavy (non-hydrogen) atoms. The van der Waals surface area contributed by atoms with E-state index in [9.17, 15) is 9.90 Å². The summed E-state index contributed by atoms with van der Waals surface area (Å²) in [4.78, 5) is 13.6. The lowest BCUT2D eigenvalue weighted by atomic mass is 10.2. The van der Waals surface area contributed by atoms with Crippen molar-refractivity contribution in [3.63, 3.8) is 0 Å². The highest BCUT2D eigenvalue weighted by atomic mass is 16.5. The quantitative estimate of drug-likeness (QED) is 0.591. The van der Waals surface area contributed by atoms with E-state index in [2.05, 4.69) is 5.32 Å². The topological polar surface area (TPSA) is 97.0 Å². The van der Waals surface area contributed by atoms with E-state index in [-0.39, 0.29) is 19.1 Å². The van der Waals surface area contributed by atoms with Crippen LogP contribution in [0, 0.1) is 0 Å². The van der Waals surface area contributed by atoms with Crippen molar-refractivity contribution in [2.24, 2.45) is 0 Å². The number of ether oxygens (including phenoxy) is 2. The summed E-state index contributed by atoms with van der Waals surface area (Å²) in [7, 11) is 4.81. The Kier molecular flexibility index (Phi) is 6.93. The molecule has 4 N–H and O–H groups in total. The lowest BCUT2D eigenvalue weighted by molar-refractivity contribution is -0.117. The van der Waals surface area contributed by atoms with Crippen LogP contribution >= 0.6 is 0 Å². The zero-order chi connectivity index (χ0) is 15.8. The standard InChI is InChI=1S/C14H23N3O4/c1-17(7-10(18)9-20-2)8-14(19)16-13-5-4-11(21-3)6-12(13)15/h4-6,10,18H,7-9,15H2,1-3H3,(H,16,19). The van der Waals surface area contributed by atoms with Crippen molar-refractivity contribution < 1.29 is 19.4 Å². The molecule has 0 aliphatic heterocycles. The molecule has 7 nitrogen and oxygen atoms in total. The molecule has 1 amide bonds. The first-order valence-electron chi connectivity index (χ1n) is 6.55. The molecule has 0 aliphatic carbocycles. The SMILES string of the molecule is COCC(O)CN(C)CC(=O)Nc1ccc(OC)cc1N. The summed E-state index contributed by atoms with van der Waals surface area (Å²) >= 11 is 0. The third kappa shape index (κ3) is 5.99. The number of rotatable bonds is 8. The van der Waals surface area contributed by atoms with Gasteiger partial charge in [0.2, 0.25) is 5.91 Å². The summed E-state index contributed by atoms with van der Waals surface area (Å²) in [6, 6.07) is 5.05. The maximum Gasteiger partial charge on any atom is 0.238 e. The Balaban J connectivity index is 2.50. The molecule has 0 saturated heterocycles. The van der Waals surface area contributed by atoms with Gasteiger partial charge in [0.05, 0.1) is 37.7 Å². The molecule has 0 spiro atoms. The lowest BCUT2D eigenvalue weighted by Gasteiger charge is -2.19. The van der Waals surface area contributed by atoms with E-state index in [1.54, 1.807) is 37.3 Å². The highest BCUT2D eigenvalue weighted by Crippen LogP contribution is 2.23. The van der Waals surface area contributed by atoms with Gasteiger partial charge in [0, 0.05) is 19.7 Å². The number of aliphatic hydroxyl groups excluding tert-OH is 1. The van der Waals surface area contributed by atoms with Crippen LogP contribution in [0.25, 0.3) is 0 Å². The van der Waals surface area contributed by atoms with Gasteiger partial charge in [-0.2, -0.15) is 0 Å². The number of benzene rings is 1. The van der Waals surface area contributed by atoms with Crippen molar-refractivity contribution in [3.8, 4) is 5.75 Å². The first-order chi connectivity index (χ1) is 9.96. The molecule has 1 aromatic rings. The predicted octanol–water partition coefficient (Wildman–Crippen LogP) is 0.155. The van der Waals surface area contributed by atoms with E-state index in [1.807, 2.05) is 0 Å². The Morgan fingerprint density at radius 2 is 2.19 bits per heavy atom. The minimum Gasteiger partial charge on any atom is -0.497 e. The maximum absolute atomic E-state index is 11.9. The number of methoxy groups -OCH3 is 2. The number of hydrogen-bond acceptors (Lipinski definition) is 6. The highest BCUT2D eigenvalue weighted by Gasteiger charge is 2.12. The van der Waals surface area contributed by atoms with Crippen molar-refractivity contribution in [3.05, 3.63) is 18.2 Å². The van der Waals surface area contributed by atoms with Gasteiger partial charge in [0.15, 0.2) is 0 Å². The van der Waals surface area contributed by atoms with E-state index in [4.69, 9.17) is 15.2 Å². The van der Waals surface area contributed by atoms with Crippen LogP contribution in [0.15, 0.2) is 18.2 Å². The number of nitrogens with two attached hydrogens (primary N) is 1. The number of aliphatic hydroxyl groups is 1. The van der Waals surface area contributed by atoms with E-state index < -0.39 is 6.10 Å². The summed E-state index contributed by atoms with van der Waals surface area (Å²) in [5.41, 5.74) is 6.80. The third-order valence-electron chi connectivity index (χ3n) is 2.83. The predicted molar refractivity (Wildman–Crippen MR) is 81.4 cm³/mol. The summed E-state index contributed by atoms with van der Waals surface area (Å²) in [5, 5.41) is 12.3. The average molecular weight is 297 g/mol. The molecule has 0 heterocycles. The second-order valence-corrected chi connectivity index (χ2v) is 4.81. The van der Waals surface area contributed by atoms with Crippen LogP contribution < -0.4 is 15.8 Å². The molecule has 0 bridgehead atoms. The van der Waals surface area contributed by atoms with Gasteiger partial charge in [-0.15, -0.1) is 0 Å². The molecule has 0 aliphatic rings. The number of carbonyl (C=O) groups is 1. The molecule has 0 aromatic heterocycles. The Hall–Kier alpha value is -1.83. The van der Waals surface area contributed by atoms with Crippen molar-refractivity contribution in [2.75, 3.05) is 52.0 Å². The summed E-state index contributed by atoms with van der Waals surface area (Å²) < 4.78 is 9.88. The molecule has 1 atom stereocenters. The van der Waals surface area contributed by atoms with Crippen LogP contribution in [-0.2, 0) is 9.53 Å². The van der Waals surface area contributed by atoms with E-state index in [0.29, 0.717) is 23.7 Å². The Morgan fingerprint density at radius 3 is 2.76 bits per heavy atom. The first-order valence-corrected chi connectivity index (χ1v) is 6.55. The molecule has 7 heteroatoms. The molecule has 118 valence electrons. The second-order valence-electron chi connectivity index (χ2n) is 4.81. The van der Waals surface area contributed by atoms with E-state index >= 15 is 0 Å². The van der Waals surface area contributed by atoms with Gasteiger partial charge >= 0.3 is 0 Å². The van der Waals surface area contributed by atoms with Crippen LogP contribution in [0.4, 0.5) is 11.4 Å². The van der Waals surface area contributed by atoms with Crippen LogP contribution in [0.1, 0.15) is 0 Å². The van der Waals surface area contributed by atoms with Gasteiger partial charge in [0.25, 0.3) is 0 Å². The molecule has 0 saturated carbocycles. The number of nitrogens with one attached hydrogen (secondary N) is 1. The van der Waals surface area contributed by atoms with Gasteiger partial charge in [-0.25, -0.2) is 0 Å². The number of carbonyl (C=O) groups excluding carboxylic acids is 1. The van der Waals surface area contributed by atoms with Crippen LogP contribution in [0.2, 0.25) is 0 Å². The van der Waals surface area contributed by atoms with Crippen molar-refractivity contribution in [1.29, 1.82) is 0 Å². The highest BCUT2D eigenvalue weighted by molar-refractivity contribution is 5.95. The lowest BCUT2D eigenvalue weighted by Crippen LogP contribution is -2.37. The largest absolute Gasteiger partial charge is 0.497 e. The van der Waals surface area contributed by atoms with Crippen molar-refractivity contribution >= 4 is 17.3 Å². The van der Waals surface area contributed by atoms with Crippen LogP contribution in [-0.4, -0.2) is 63.0 Å². The number of nitrogen functional groups attached to an aromatic ring is 1. The fourth-order valence-electron chi connectivity index (χ4n) is 1.89. The van der Waals surface area contributed by atoms with Gasteiger partial charge in [-0.1, -0.05) is 0 Å². The third-order valence-corrected chi connectivity index (χ3v) is 2.83. The number of nitrogens with zero attached hydrogens (tertiary/aromatic N) is 1. The molecular formula is C14H23N3O4. The van der Waals surface area contributed by atoms with Crippen LogP contribution in [0.5, 0.6) is 5.75 Å². The van der Waals surface area contributed by atoms with Gasteiger partial charge in [-0.3, -0.25) is 9.69 Å².